The first kappa shape index (κ1) is 14.4. The van der Waals surface area contributed by atoms with Crippen LogP contribution in [0.15, 0.2) is 24.3 Å². The summed E-state index contributed by atoms with van der Waals surface area (Å²) in [4.78, 5) is 0. The van der Waals surface area contributed by atoms with Crippen LogP contribution < -0.4 is 0 Å². The predicted molar refractivity (Wildman–Crippen MR) is 87.6 cm³/mol. The molecule has 0 aromatic carbocycles. The van der Waals surface area contributed by atoms with Crippen LogP contribution in [0.2, 0.25) is 0 Å². The largest absolute Gasteiger partial charge is 0.103 e. The van der Waals surface area contributed by atoms with E-state index in [0.717, 1.165) is 11.8 Å². The van der Waals surface area contributed by atoms with Gasteiger partial charge in [-0.15, -0.1) is 6.58 Å². The molecule has 3 rings (SSSR count). The summed E-state index contributed by atoms with van der Waals surface area (Å²) in [7, 11) is 0. The fourth-order valence-corrected chi connectivity index (χ4v) is 5.92. The molecule has 112 valence electrons. The molecule has 3 aliphatic rings. The zero-order valence-electron chi connectivity index (χ0n) is 14.0. The maximum Gasteiger partial charge on any atom is -0.0112 e. The fraction of sp³-hybridized carbons (Fsp3) is 0.800. The van der Waals surface area contributed by atoms with E-state index < -0.39 is 0 Å². The second-order valence-electron chi connectivity index (χ2n) is 9.04. The van der Waals surface area contributed by atoms with Crippen molar-refractivity contribution in [2.75, 3.05) is 0 Å². The van der Waals surface area contributed by atoms with Crippen LogP contribution in [0.5, 0.6) is 0 Å². The topological polar surface area (TPSA) is 0 Å². The third kappa shape index (κ3) is 2.02. The Morgan fingerprint density at radius 1 is 1.15 bits per heavy atom. The van der Waals surface area contributed by atoms with Crippen molar-refractivity contribution < 1.29 is 0 Å². The maximum absolute atomic E-state index is 4.09. The average Bonchev–Trinajstić information content (AvgIpc) is 2.37. The van der Waals surface area contributed by atoms with Crippen LogP contribution in [0.1, 0.15) is 72.6 Å². The predicted octanol–water partition coefficient (Wildman–Crippen LogP) is 6.14. The van der Waals surface area contributed by atoms with Gasteiger partial charge in [-0.3, -0.25) is 0 Å². The van der Waals surface area contributed by atoms with E-state index in [1.807, 2.05) is 0 Å². The lowest BCUT2D eigenvalue weighted by molar-refractivity contribution is -0.0489. The van der Waals surface area contributed by atoms with Crippen molar-refractivity contribution in [3.63, 3.8) is 0 Å². The van der Waals surface area contributed by atoms with E-state index in [4.69, 9.17) is 0 Å². The van der Waals surface area contributed by atoms with Crippen molar-refractivity contribution in [2.24, 2.45) is 28.1 Å². The highest BCUT2D eigenvalue weighted by molar-refractivity contribution is 5.24. The van der Waals surface area contributed by atoms with Crippen LogP contribution in [-0.2, 0) is 0 Å². The quantitative estimate of drug-likeness (QED) is 0.503. The molecule has 0 amide bonds. The molecule has 0 aromatic rings. The lowest BCUT2D eigenvalue weighted by Crippen LogP contribution is -2.50. The zero-order valence-corrected chi connectivity index (χ0v) is 14.0. The summed E-state index contributed by atoms with van der Waals surface area (Å²) in [5.74, 6) is 1.75. The summed E-state index contributed by atoms with van der Waals surface area (Å²) in [5.41, 5.74) is 3.23. The Morgan fingerprint density at radius 2 is 1.90 bits per heavy atom. The van der Waals surface area contributed by atoms with Crippen LogP contribution >= 0.6 is 0 Å². The van der Waals surface area contributed by atoms with Gasteiger partial charge in [0, 0.05) is 0 Å². The van der Waals surface area contributed by atoms with Gasteiger partial charge in [-0.25, -0.2) is 0 Å². The second kappa shape index (κ2) is 4.49. The Morgan fingerprint density at radius 3 is 2.60 bits per heavy atom. The summed E-state index contributed by atoms with van der Waals surface area (Å²) >= 11 is 0. The first-order chi connectivity index (χ1) is 9.31. The van der Waals surface area contributed by atoms with E-state index in [0.29, 0.717) is 16.2 Å². The van der Waals surface area contributed by atoms with E-state index in [1.165, 1.54) is 44.9 Å². The van der Waals surface area contributed by atoms with Crippen molar-refractivity contribution >= 4 is 0 Å². The van der Waals surface area contributed by atoms with Crippen LogP contribution in [0, 0.1) is 28.1 Å². The van der Waals surface area contributed by atoms with Crippen molar-refractivity contribution in [3.05, 3.63) is 24.3 Å². The van der Waals surface area contributed by atoms with Gasteiger partial charge in [-0.1, -0.05) is 51.8 Å². The fourth-order valence-electron chi connectivity index (χ4n) is 5.92. The minimum atomic E-state index is 0.357. The molecule has 0 radical (unpaired) electrons. The van der Waals surface area contributed by atoms with Gasteiger partial charge in [0.2, 0.25) is 0 Å². The van der Waals surface area contributed by atoms with Crippen LogP contribution in [0.4, 0.5) is 0 Å². The van der Waals surface area contributed by atoms with Gasteiger partial charge < -0.3 is 0 Å². The SMILES string of the molecule is C=C[C@]1(C)CCC2C(=CCC3C(C)(C)CCC[C@]23C)C1. The third-order valence-corrected chi connectivity index (χ3v) is 7.24. The minimum absolute atomic E-state index is 0.357. The van der Waals surface area contributed by atoms with E-state index in [-0.39, 0.29) is 0 Å². The number of rotatable bonds is 1. The van der Waals surface area contributed by atoms with E-state index in [1.54, 1.807) is 5.57 Å². The third-order valence-electron chi connectivity index (χ3n) is 7.24. The highest BCUT2D eigenvalue weighted by Gasteiger charge is 2.53. The monoisotopic (exact) mass is 272 g/mol. The van der Waals surface area contributed by atoms with Crippen LogP contribution in [0.25, 0.3) is 0 Å². The lowest BCUT2D eigenvalue weighted by Gasteiger charge is -2.59. The van der Waals surface area contributed by atoms with Crippen LogP contribution in [0.3, 0.4) is 0 Å². The molecule has 2 unspecified atom stereocenters. The second-order valence-corrected chi connectivity index (χ2v) is 9.04. The summed E-state index contributed by atoms with van der Waals surface area (Å²) in [6.07, 6.45) is 14.5. The summed E-state index contributed by atoms with van der Waals surface area (Å²) < 4.78 is 0. The molecule has 0 bridgehead atoms. The maximum atomic E-state index is 4.09. The van der Waals surface area contributed by atoms with Gasteiger partial charge in [-0.2, -0.15) is 0 Å². The molecule has 0 spiro atoms. The van der Waals surface area contributed by atoms with Gasteiger partial charge in [0.05, 0.1) is 0 Å². The smallest absolute Gasteiger partial charge is 0.0112 e. The Kier molecular flexibility index (Phi) is 3.23. The first-order valence-corrected chi connectivity index (χ1v) is 8.63. The van der Waals surface area contributed by atoms with Crippen LogP contribution in [-0.4, -0.2) is 0 Å². The molecule has 2 fully saturated rings. The van der Waals surface area contributed by atoms with E-state index in [2.05, 4.69) is 46.4 Å². The zero-order chi connectivity index (χ0) is 14.6. The molecule has 0 heterocycles. The average molecular weight is 272 g/mol. The number of hydrogen-bond acceptors (Lipinski definition) is 0. The highest BCUT2D eigenvalue weighted by Crippen LogP contribution is 2.63. The van der Waals surface area contributed by atoms with E-state index >= 15 is 0 Å². The van der Waals surface area contributed by atoms with Gasteiger partial charge in [0.1, 0.15) is 0 Å². The van der Waals surface area contributed by atoms with Gasteiger partial charge >= 0.3 is 0 Å². The van der Waals surface area contributed by atoms with Gasteiger partial charge in [0.15, 0.2) is 0 Å². The number of allylic oxidation sites excluding steroid dienone is 3. The van der Waals surface area contributed by atoms with Crippen molar-refractivity contribution in [1.82, 2.24) is 0 Å². The molecule has 3 aliphatic carbocycles. The minimum Gasteiger partial charge on any atom is -0.103 e. The molecule has 0 N–H and O–H groups in total. The lowest BCUT2D eigenvalue weighted by atomic mass is 9.46. The molecule has 0 aliphatic heterocycles. The van der Waals surface area contributed by atoms with Crippen molar-refractivity contribution in [2.45, 2.75) is 72.6 Å². The van der Waals surface area contributed by atoms with Crippen molar-refractivity contribution in [1.29, 1.82) is 0 Å². The number of hydrogen-bond donors (Lipinski definition) is 0. The molecule has 2 saturated carbocycles. The standard InChI is InChI=1S/C20H32/c1-6-19(4)13-10-16-15(14-19)8-9-17-18(2,3)11-7-12-20(16,17)5/h6,8,16-17H,1,7,9-14H2,2-5H3/t16?,17?,19-,20-/m1/s1. The molecular formula is C20H32. The van der Waals surface area contributed by atoms with E-state index in [9.17, 15) is 0 Å². The van der Waals surface area contributed by atoms with Gasteiger partial charge in [0.25, 0.3) is 0 Å². The summed E-state index contributed by atoms with van der Waals surface area (Å²) in [5, 5.41) is 0. The normalized spacial score (nSPS) is 46.9. The molecule has 0 heteroatoms. The molecule has 20 heavy (non-hydrogen) atoms. The molecule has 0 nitrogen and oxygen atoms in total. The number of fused-ring (bicyclic) bond motifs is 3. The Labute approximate surface area is 125 Å². The summed E-state index contributed by atoms with van der Waals surface area (Å²) in [6.45, 7) is 14.1. The molecule has 0 saturated heterocycles. The Balaban J connectivity index is 1.94. The Bertz CT molecular complexity index is 441. The van der Waals surface area contributed by atoms with Gasteiger partial charge in [-0.05, 0) is 66.6 Å². The molecule has 4 atom stereocenters. The first-order valence-electron chi connectivity index (χ1n) is 8.63. The molecular weight excluding hydrogens is 240 g/mol. The van der Waals surface area contributed by atoms with Crippen molar-refractivity contribution in [3.8, 4) is 0 Å². The highest BCUT2D eigenvalue weighted by atomic mass is 14.6. The summed E-state index contributed by atoms with van der Waals surface area (Å²) in [6, 6.07) is 0. The Hall–Kier alpha value is -0.520. The molecule has 0 aromatic heterocycles.